The van der Waals surface area contributed by atoms with Crippen LogP contribution in [0.2, 0.25) is 0 Å². The van der Waals surface area contributed by atoms with Crippen molar-refractivity contribution in [2.75, 3.05) is 13.2 Å². The van der Waals surface area contributed by atoms with E-state index in [9.17, 15) is 18.8 Å². The Labute approximate surface area is 207 Å². The molecule has 0 bridgehead atoms. The van der Waals surface area contributed by atoms with Crippen molar-refractivity contribution in [3.63, 3.8) is 0 Å². The van der Waals surface area contributed by atoms with E-state index in [0.717, 1.165) is 5.56 Å². The van der Waals surface area contributed by atoms with Crippen LogP contribution >= 0.6 is 0 Å². The van der Waals surface area contributed by atoms with E-state index in [1.54, 1.807) is 37.3 Å². The molecule has 4 rings (SSSR count). The number of ether oxygens (including phenoxy) is 3. The molecule has 0 radical (unpaired) electrons. The number of urea groups is 1. The van der Waals surface area contributed by atoms with E-state index in [4.69, 9.17) is 14.2 Å². The van der Waals surface area contributed by atoms with Gasteiger partial charge in [0.2, 0.25) is 5.91 Å². The van der Waals surface area contributed by atoms with Crippen molar-refractivity contribution >= 4 is 17.8 Å². The number of carbonyl (C=O) groups excluding carboxylic acids is 3. The summed E-state index contributed by atoms with van der Waals surface area (Å²) >= 11 is 0. The Hall–Kier alpha value is -4.24. The Morgan fingerprint density at radius 1 is 0.889 bits per heavy atom. The fraction of sp³-hybridized carbons (Fsp3) is 0.222. The third kappa shape index (κ3) is 5.87. The number of benzene rings is 3. The van der Waals surface area contributed by atoms with Crippen LogP contribution in [0.15, 0.2) is 72.8 Å². The van der Waals surface area contributed by atoms with Crippen molar-refractivity contribution in [2.24, 2.45) is 0 Å². The van der Waals surface area contributed by atoms with Crippen molar-refractivity contribution in [3.8, 4) is 28.4 Å². The Bertz CT molecular complexity index is 1250. The molecule has 3 aromatic carbocycles. The third-order valence-corrected chi connectivity index (χ3v) is 5.59. The van der Waals surface area contributed by atoms with E-state index >= 15 is 0 Å². The fourth-order valence-corrected chi connectivity index (χ4v) is 3.82. The maximum Gasteiger partial charge on any atom is 0.328 e. The van der Waals surface area contributed by atoms with Crippen LogP contribution in [-0.2, 0) is 14.3 Å². The average molecular weight is 493 g/mol. The van der Waals surface area contributed by atoms with Gasteiger partial charge in [0.25, 0.3) is 5.91 Å². The number of halogens is 1. The zero-order valence-corrected chi connectivity index (χ0v) is 19.6. The van der Waals surface area contributed by atoms with Crippen LogP contribution in [-0.4, -0.2) is 36.7 Å². The van der Waals surface area contributed by atoms with E-state index in [0.29, 0.717) is 29.4 Å². The number of hydrogen-bond acceptors (Lipinski definition) is 6. The summed E-state index contributed by atoms with van der Waals surface area (Å²) in [7, 11) is 0. The Morgan fingerprint density at radius 3 is 2.31 bits per heavy atom. The zero-order valence-electron chi connectivity index (χ0n) is 19.6. The Morgan fingerprint density at radius 2 is 1.58 bits per heavy atom. The van der Waals surface area contributed by atoms with Crippen molar-refractivity contribution in [2.45, 2.75) is 25.4 Å². The Balaban J connectivity index is 1.52. The van der Waals surface area contributed by atoms with Gasteiger partial charge in [0.1, 0.15) is 23.1 Å². The lowest BCUT2D eigenvalue weighted by Gasteiger charge is -2.30. The first-order chi connectivity index (χ1) is 17.4. The minimum absolute atomic E-state index is 0.0590. The molecule has 1 atom stereocenters. The molecule has 186 valence electrons. The summed E-state index contributed by atoms with van der Waals surface area (Å²) < 4.78 is 31.6. The zero-order chi connectivity index (χ0) is 25.5. The molecule has 8 nitrogen and oxygen atoms in total. The normalized spacial score (nSPS) is 17.7. The third-order valence-electron chi connectivity index (χ3n) is 5.59. The van der Waals surface area contributed by atoms with Crippen molar-refractivity contribution in [1.29, 1.82) is 0 Å². The quantitative estimate of drug-likeness (QED) is 0.424. The van der Waals surface area contributed by atoms with Crippen LogP contribution in [0.3, 0.4) is 0 Å². The highest BCUT2D eigenvalue weighted by molar-refractivity contribution is 6.09. The summed E-state index contributed by atoms with van der Waals surface area (Å²) in [5.74, 6) is -0.546. The molecule has 9 heteroatoms. The summed E-state index contributed by atoms with van der Waals surface area (Å²) in [5, 5.41) is 4.21. The maximum absolute atomic E-state index is 14.4. The second-order valence-corrected chi connectivity index (χ2v) is 8.13. The molecule has 1 unspecified atom stereocenters. The van der Waals surface area contributed by atoms with E-state index in [1.807, 2.05) is 30.3 Å². The number of imide groups is 2. The molecule has 0 aliphatic carbocycles. The van der Waals surface area contributed by atoms with Crippen LogP contribution in [0.5, 0.6) is 17.2 Å². The van der Waals surface area contributed by atoms with E-state index < -0.39 is 23.4 Å². The van der Waals surface area contributed by atoms with E-state index in [2.05, 4.69) is 10.6 Å². The van der Waals surface area contributed by atoms with Crippen LogP contribution in [0, 0.1) is 5.82 Å². The molecule has 2 N–H and O–H groups in total. The topological polar surface area (TPSA) is 103 Å². The van der Waals surface area contributed by atoms with Gasteiger partial charge in [-0.1, -0.05) is 30.3 Å². The number of hydrogen-bond donors (Lipinski definition) is 2. The van der Waals surface area contributed by atoms with Gasteiger partial charge in [-0.3, -0.25) is 20.2 Å². The molecule has 3 aromatic rings. The van der Waals surface area contributed by atoms with Crippen molar-refractivity contribution < 1.29 is 33.0 Å². The standard InChI is InChI=1S/C27H25FN2O6/c1-2-34-15-14-27(17-24(31)29-26(33)30-25(27)32)36-20-10-8-19(9-11-20)35-21-12-13-23(28)22(16-21)18-6-4-3-5-7-18/h3-13,16H,2,14-15,17H2,1H3,(H2,29,30,31,32,33). The molecule has 1 fully saturated rings. The average Bonchev–Trinajstić information content (AvgIpc) is 2.96. The minimum Gasteiger partial charge on any atom is -0.477 e. The van der Waals surface area contributed by atoms with Crippen molar-refractivity contribution in [3.05, 3.63) is 78.6 Å². The first kappa shape index (κ1) is 24.9. The fourth-order valence-electron chi connectivity index (χ4n) is 3.82. The van der Waals surface area contributed by atoms with Crippen molar-refractivity contribution in [1.82, 2.24) is 10.6 Å². The number of amides is 4. The lowest BCUT2D eigenvalue weighted by Crippen LogP contribution is -2.52. The van der Waals surface area contributed by atoms with Gasteiger partial charge >= 0.3 is 6.03 Å². The van der Waals surface area contributed by atoms with Crippen LogP contribution in [0.25, 0.3) is 11.1 Å². The van der Waals surface area contributed by atoms with Crippen LogP contribution < -0.4 is 20.1 Å². The summed E-state index contributed by atoms with van der Waals surface area (Å²) in [6.45, 7) is 2.38. The monoisotopic (exact) mass is 492 g/mol. The summed E-state index contributed by atoms with van der Waals surface area (Å²) in [5.41, 5.74) is -0.489. The smallest absolute Gasteiger partial charge is 0.328 e. The summed E-state index contributed by atoms with van der Waals surface area (Å²) in [6.07, 6.45) is -0.294. The highest BCUT2D eigenvalue weighted by Crippen LogP contribution is 2.32. The molecule has 0 saturated carbocycles. The van der Waals surface area contributed by atoms with Gasteiger partial charge in [-0.05, 0) is 55.0 Å². The van der Waals surface area contributed by atoms with Gasteiger partial charge in [-0.25, -0.2) is 9.18 Å². The summed E-state index contributed by atoms with van der Waals surface area (Å²) in [4.78, 5) is 36.7. The van der Waals surface area contributed by atoms with Gasteiger partial charge in [-0.2, -0.15) is 0 Å². The van der Waals surface area contributed by atoms with Gasteiger partial charge in [0, 0.05) is 18.6 Å². The molecule has 36 heavy (non-hydrogen) atoms. The SMILES string of the molecule is CCOCCC1(Oc2ccc(Oc3ccc(F)c(-c4ccccc4)c3)cc2)CC(=O)NC(=O)NC1=O. The van der Waals surface area contributed by atoms with Gasteiger partial charge in [-0.15, -0.1) is 0 Å². The van der Waals surface area contributed by atoms with E-state index in [-0.39, 0.29) is 25.3 Å². The summed E-state index contributed by atoms with van der Waals surface area (Å²) in [6, 6.07) is 19.1. The van der Waals surface area contributed by atoms with Gasteiger partial charge < -0.3 is 14.2 Å². The maximum atomic E-state index is 14.4. The molecule has 0 aromatic heterocycles. The van der Waals surface area contributed by atoms with Crippen LogP contribution in [0.1, 0.15) is 19.8 Å². The van der Waals surface area contributed by atoms with Crippen LogP contribution in [0.4, 0.5) is 9.18 Å². The second kappa shape index (κ2) is 11.0. The Kier molecular flexibility index (Phi) is 7.60. The highest BCUT2D eigenvalue weighted by atomic mass is 19.1. The number of nitrogens with one attached hydrogen (secondary N) is 2. The first-order valence-electron chi connectivity index (χ1n) is 11.4. The highest BCUT2D eigenvalue weighted by Gasteiger charge is 2.46. The molecule has 1 heterocycles. The minimum atomic E-state index is -1.63. The molecular weight excluding hydrogens is 467 g/mol. The molecule has 1 saturated heterocycles. The largest absolute Gasteiger partial charge is 0.477 e. The molecule has 1 aliphatic rings. The van der Waals surface area contributed by atoms with E-state index in [1.165, 1.54) is 12.1 Å². The molecular formula is C27H25FN2O6. The molecule has 1 aliphatic heterocycles. The lowest BCUT2D eigenvalue weighted by atomic mass is 9.94. The van der Waals surface area contributed by atoms with Gasteiger partial charge in [0.05, 0.1) is 13.0 Å². The second-order valence-electron chi connectivity index (χ2n) is 8.13. The molecule has 4 amide bonds. The first-order valence-corrected chi connectivity index (χ1v) is 11.4. The predicted octanol–water partition coefficient (Wildman–Crippen LogP) is 4.59. The lowest BCUT2D eigenvalue weighted by molar-refractivity contribution is -0.141. The number of carbonyl (C=O) groups is 3. The number of rotatable bonds is 9. The van der Waals surface area contributed by atoms with Gasteiger partial charge in [0.15, 0.2) is 5.60 Å². The molecule has 0 spiro atoms. The predicted molar refractivity (Wildman–Crippen MR) is 129 cm³/mol.